The molecule has 2 aromatic rings. The van der Waals surface area contributed by atoms with Crippen molar-refractivity contribution in [3.63, 3.8) is 0 Å². The topological polar surface area (TPSA) is 67.9 Å². The maximum absolute atomic E-state index is 12.1. The van der Waals surface area contributed by atoms with E-state index in [0.717, 1.165) is 30.9 Å². The van der Waals surface area contributed by atoms with Gasteiger partial charge in [-0.2, -0.15) is 0 Å². The summed E-state index contributed by atoms with van der Waals surface area (Å²) in [5.41, 5.74) is 0.736. The average Bonchev–Trinajstić information content (AvgIpc) is 3.22. The Morgan fingerprint density at radius 2 is 1.82 bits per heavy atom. The van der Waals surface area contributed by atoms with Gasteiger partial charge in [-0.25, -0.2) is 0 Å². The van der Waals surface area contributed by atoms with E-state index >= 15 is 0 Å². The van der Waals surface area contributed by atoms with Crippen molar-refractivity contribution in [3.05, 3.63) is 54.6 Å². The van der Waals surface area contributed by atoms with E-state index in [9.17, 15) is 9.59 Å². The van der Waals surface area contributed by atoms with Crippen LogP contribution in [0.3, 0.4) is 0 Å². The summed E-state index contributed by atoms with van der Waals surface area (Å²) in [6.45, 7) is 3.12. The molecule has 0 aromatic heterocycles. The molecule has 1 aliphatic heterocycles. The number of benzene rings is 2. The zero-order chi connectivity index (χ0) is 19.8. The van der Waals surface area contributed by atoms with Crippen molar-refractivity contribution in [1.82, 2.24) is 5.32 Å². The summed E-state index contributed by atoms with van der Waals surface area (Å²) in [5, 5.41) is 2.88. The van der Waals surface area contributed by atoms with Crippen LogP contribution in [0.4, 0.5) is 5.69 Å². The Bertz CT molecular complexity index is 771. The highest BCUT2D eigenvalue weighted by Gasteiger charge is 2.17. The van der Waals surface area contributed by atoms with E-state index in [1.54, 1.807) is 4.90 Å². The van der Waals surface area contributed by atoms with Crippen molar-refractivity contribution in [2.75, 3.05) is 24.6 Å². The zero-order valence-electron chi connectivity index (χ0n) is 16.1. The van der Waals surface area contributed by atoms with E-state index in [0.29, 0.717) is 18.8 Å². The fraction of sp³-hybridized carbons (Fsp3) is 0.364. The quantitative estimate of drug-likeness (QED) is 0.759. The summed E-state index contributed by atoms with van der Waals surface area (Å²) < 4.78 is 11.3. The number of amides is 2. The summed E-state index contributed by atoms with van der Waals surface area (Å²) >= 11 is 0. The second kappa shape index (κ2) is 9.90. The number of rotatable bonds is 8. The van der Waals surface area contributed by atoms with Gasteiger partial charge in [0, 0.05) is 38.7 Å². The van der Waals surface area contributed by atoms with Gasteiger partial charge in [-0.15, -0.1) is 0 Å². The number of hydrogen-bond donors (Lipinski definition) is 1. The van der Waals surface area contributed by atoms with E-state index in [-0.39, 0.29) is 24.3 Å². The lowest BCUT2D eigenvalue weighted by Gasteiger charge is -2.21. The predicted octanol–water partition coefficient (Wildman–Crippen LogP) is 3.52. The smallest absolute Gasteiger partial charge is 0.223 e. The van der Waals surface area contributed by atoms with Crippen LogP contribution in [0.5, 0.6) is 11.5 Å². The molecular weight excluding hydrogens is 356 g/mol. The molecule has 1 heterocycles. The van der Waals surface area contributed by atoms with Crippen LogP contribution in [-0.2, 0) is 14.3 Å². The first-order valence-electron chi connectivity index (χ1n) is 9.61. The van der Waals surface area contributed by atoms with Crippen molar-refractivity contribution in [2.45, 2.75) is 32.3 Å². The highest BCUT2D eigenvalue weighted by Crippen LogP contribution is 2.24. The maximum atomic E-state index is 12.1. The number of carbonyl (C=O) groups is 2. The molecule has 0 spiro atoms. The molecule has 1 unspecified atom stereocenters. The molecule has 1 saturated heterocycles. The number of nitrogens with zero attached hydrogens (tertiary/aromatic N) is 1. The van der Waals surface area contributed by atoms with Gasteiger partial charge in [0.25, 0.3) is 0 Å². The molecule has 0 aliphatic carbocycles. The minimum absolute atomic E-state index is 0.0780. The minimum atomic E-state index is -0.108. The van der Waals surface area contributed by atoms with Gasteiger partial charge in [-0.3, -0.25) is 9.59 Å². The first-order chi connectivity index (χ1) is 13.6. The fourth-order valence-electron chi connectivity index (χ4n) is 3.12. The van der Waals surface area contributed by atoms with E-state index in [4.69, 9.17) is 9.47 Å². The molecule has 6 heteroatoms. The number of nitrogens with one attached hydrogen (secondary N) is 1. The molecule has 3 rings (SSSR count). The molecule has 1 atom stereocenters. The fourth-order valence-corrected chi connectivity index (χ4v) is 3.12. The van der Waals surface area contributed by atoms with Crippen molar-refractivity contribution in [1.29, 1.82) is 0 Å². The summed E-state index contributed by atoms with van der Waals surface area (Å²) in [5.74, 6) is 1.25. The van der Waals surface area contributed by atoms with Crippen molar-refractivity contribution < 1.29 is 19.1 Å². The SMILES string of the molecule is CC(=O)N(CCC(=O)NCC1CCCO1)c1ccc(Oc2ccccc2)cc1. The van der Waals surface area contributed by atoms with Crippen LogP contribution in [0.15, 0.2) is 54.6 Å². The molecule has 28 heavy (non-hydrogen) atoms. The summed E-state index contributed by atoms with van der Waals surface area (Å²) in [4.78, 5) is 25.7. The third-order valence-corrected chi connectivity index (χ3v) is 4.62. The summed E-state index contributed by atoms with van der Waals surface area (Å²) in [6, 6.07) is 16.8. The molecule has 2 amide bonds. The van der Waals surface area contributed by atoms with Gasteiger partial charge >= 0.3 is 0 Å². The molecule has 148 valence electrons. The van der Waals surface area contributed by atoms with Crippen molar-refractivity contribution in [2.24, 2.45) is 0 Å². The van der Waals surface area contributed by atoms with Crippen LogP contribution in [0.2, 0.25) is 0 Å². The van der Waals surface area contributed by atoms with Crippen LogP contribution in [0, 0.1) is 0 Å². The Balaban J connectivity index is 1.52. The van der Waals surface area contributed by atoms with Crippen molar-refractivity contribution in [3.8, 4) is 11.5 Å². The Morgan fingerprint density at radius 1 is 1.11 bits per heavy atom. The molecule has 2 aromatic carbocycles. The molecule has 0 radical (unpaired) electrons. The second-order valence-corrected chi connectivity index (χ2v) is 6.77. The normalized spacial score (nSPS) is 15.8. The van der Waals surface area contributed by atoms with E-state index in [1.165, 1.54) is 6.92 Å². The van der Waals surface area contributed by atoms with Gasteiger partial charge in [0.15, 0.2) is 0 Å². The second-order valence-electron chi connectivity index (χ2n) is 6.77. The Kier molecular flexibility index (Phi) is 7.03. The Hall–Kier alpha value is -2.86. The molecular formula is C22H26N2O4. The van der Waals surface area contributed by atoms with Crippen LogP contribution >= 0.6 is 0 Å². The standard InChI is InChI=1S/C22H26N2O4/c1-17(25)24(14-13-22(26)23-16-21-8-5-15-27-21)18-9-11-20(12-10-18)28-19-6-3-2-4-7-19/h2-4,6-7,9-12,21H,5,8,13-16H2,1H3,(H,23,26). The number of hydrogen-bond acceptors (Lipinski definition) is 4. The van der Waals surface area contributed by atoms with Gasteiger partial charge in [0.05, 0.1) is 6.10 Å². The average molecular weight is 382 g/mol. The summed E-state index contributed by atoms with van der Waals surface area (Å²) in [6.07, 6.45) is 2.39. The number of para-hydroxylation sites is 1. The third kappa shape index (κ3) is 5.82. The lowest BCUT2D eigenvalue weighted by molar-refractivity contribution is -0.121. The van der Waals surface area contributed by atoms with Gasteiger partial charge in [-0.1, -0.05) is 18.2 Å². The maximum Gasteiger partial charge on any atom is 0.223 e. The van der Waals surface area contributed by atoms with Gasteiger partial charge in [0.1, 0.15) is 11.5 Å². The highest BCUT2D eigenvalue weighted by atomic mass is 16.5. The highest BCUT2D eigenvalue weighted by molar-refractivity contribution is 5.92. The number of carbonyl (C=O) groups excluding carboxylic acids is 2. The van der Waals surface area contributed by atoms with Crippen LogP contribution in [0.25, 0.3) is 0 Å². The largest absolute Gasteiger partial charge is 0.457 e. The Morgan fingerprint density at radius 3 is 2.46 bits per heavy atom. The first-order valence-corrected chi connectivity index (χ1v) is 9.61. The van der Waals surface area contributed by atoms with E-state index < -0.39 is 0 Å². The lowest BCUT2D eigenvalue weighted by atomic mass is 10.2. The van der Waals surface area contributed by atoms with Crippen LogP contribution < -0.4 is 15.0 Å². The van der Waals surface area contributed by atoms with Gasteiger partial charge in [0.2, 0.25) is 11.8 Å². The monoisotopic (exact) mass is 382 g/mol. The molecule has 0 saturated carbocycles. The summed E-state index contributed by atoms with van der Waals surface area (Å²) in [7, 11) is 0. The lowest BCUT2D eigenvalue weighted by Crippen LogP contribution is -2.36. The predicted molar refractivity (Wildman–Crippen MR) is 108 cm³/mol. The molecule has 0 bridgehead atoms. The van der Waals surface area contributed by atoms with Crippen LogP contribution in [0.1, 0.15) is 26.2 Å². The number of ether oxygens (including phenoxy) is 2. The number of anilines is 1. The van der Waals surface area contributed by atoms with Gasteiger partial charge in [-0.05, 0) is 49.2 Å². The molecule has 1 aliphatic rings. The Labute approximate surface area is 165 Å². The minimum Gasteiger partial charge on any atom is -0.457 e. The van der Waals surface area contributed by atoms with E-state index in [2.05, 4.69) is 5.32 Å². The molecule has 1 fully saturated rings. The zero-order valence-corrected chi connectivity index (χ0v) is 16.1. The first kappa shape index (κ1) is 19.9. The van der Waals surface area contributed by atoms with Crippen molar-refractivity contribution >= 4 is 17.5 Å². The third-order valence-electron chi connectivity index (χ3n) is 4.62. The molecule has 6 nitrogen and oxygen atoms in total. The van der Waals surface area contributed by atoms with E-state index in [1.807, 2.05) is 54.6 Å². The van der Waals surface area contributed by atoms with Gasteiger partial charge < -0.3 is 19.7 Å². The molecule has 1 N–H and O–H groups in total. The van der Waals surface area contributed by atoms with Crippen LogP contribution in [-0.4, -0.2) is 37.6 Å².